The van der Waals surface area contributed by atoms with E-state index < -0.39 is 16.8 Å². The van der Waals surface area contributed by atoms with Gasteiger partial charge in [-0.2, -0.15) is 0 Å². The molecule has 172 valence electrons. The Morgan fingerprint density at radius 3 is 2.33 bits per heavy atom. The fourth-order valence-corrected chi connectivity index (χ4v) is 4.22. The van der Waals surface area contributed by atoms with Gasteiger partial charge in [-0.15, -0.1) is 11.3 Å². The van der Waals surface area contributed by atoms with Gasteiger partial charge in [-0.1, -0.05) is 45.0 Å². The van der Waals surface area contributed by atoms with Gasteiger partial charge >= 0.3 is 5.97 Å². The van der Waals surface area contributed by atoms with E-state index in [1.807, 2.05) is 24.4 Å². The molecule has 1 amide bonds. The largest absolute Gasteiger partial charge is 0.462 e. The van der Waals surface area contributed by atoms with Crippen LogP contribution in [0.1, 0.15) is 65.8 Å². The lowest BCUT2D eigenvalue weighted by atomic mass is 9.95. The van der Waals surface area contributed by atoms with Crippen LogP contribution in [0, 0.1) is 10.1 Å². The Balaban J connectivity index is 1.93. The van der Waals surface area contributed by atoms with Gasteiger partial charge in [-0.05, 0) is 42.0 Å². The average molecular weight is 467 g/mol. The molecule has 7 nitrogen and oxygen atoms in total. The van der Waals surface area contributed by atoms with Crippen LogP contribution in [0.4, 0.5) is 10.7 Å². The van der Waals surface area contributed by atoms with Gasteiger partial charge in [0, 0.05) is 28.6 Å². The lowest BCUT2D eigenvalue weighted by Gasteiger charge is -2.11. The third-order valence-electron chi connectivity index (χ3n) is 5.40. The van der Waals surface area contributed by atoms with Crippen LogP contribution in [0.15, 0.2) is 53.9 Å². The molecule has 3 rings (SSSR count). The first-order valence-electron chi connectivity index (χ1n) is 10.8. The molecule has 0 aliphatic carbocycles. The third-order valence-corrected chi connectivity index (χ3v) is 6.30. The highest BCUT2D eigenvalue weighted by Crippen LogP contribution is 2.37. The van der Waals surface area contributed by atoms with Crippen LogP contribution >= 0.6 is 11.3 Å². The monoisotopic (exact) mass is 466 g/mol. The van der Waals surface area contributed by atoms with Crippen molar-refractivity contribution in [1.82, 2.24) is 0 Å². The smallest absolute Gasteiger partial charge is 0.341 e. The van der Waals surface area contributed by atoms with Crippen molar-refractivity contribution in [2.45, 2.75) is 39.5 Å². The van der Waals surface area contributed by atoms with Crippen LogP contribution in [0.5, 0.6) is 0 Å². The number of thiophene rings is 1. The Hall–Kier alpha value is -3.52. The number of hydrogen-bond donors (Lipinski definition) is 1. The maximum absolute atomic E-state index is 12.9. The normalized spacial score (nSPS) is 11.6. The van der Waals surface area contributed by atoms with E-state index in [0.29, 0.717) is 28.5 Å². The van der Waals surface area contributed by atoms with Crippen LogP contribution < -0.4 is 5.32 Å². The summed E-state index contributed by atoms with van der Waals surface area (Å²) in [4.78, 5) is 36.0. The molecule has 0 unspecified atom stereocenters. The first-order chi connectivity index (χ1) is 15.8. The van der Waals surface area contributed by atoms with Gasteiger partial charge < -0.3 is 10.1 Å². The van der Waals surface area contributed by atoms with E-state index in [0.717, 1.165) is 12.0 Å². The van der Waals surface area contributed by atoms with Crippen LogP contribution in [0.3, 0.4) is 0 Å². The lowest BCUT2D eigenvalue weighted by molar-refractivity contribution is -0.384. The molecule has 0 bridgehead atoms. The number of nitrogens with one attached hydrogen (secondary N) is 1. The standard InChI is InChI=1S/C25H26N2O5S/c1-4-14-32-25(29)22-21(18-8-6-17(7-9-18)16(3)5-2)15-33-24(22)26-23(28)19-10-12-20(13-11-19)27(30)31/h6-13,15-16H,4-5,14H2,1-3H3,(H,26,28)/t16-/m0/s1. The summed E-state index contributed by atoms with van der Waals surface area (Å²) < 4.78 is 5.39. The number of nitrogens with zero attached hydrogens (tertiary/aromatic N) is 1. The van der Waals surface area contributed by atoms with Crippen LogP contribution in [-0.2, 0) is 4.74 Å². The van der Waals surface area contributed by atoms with Crippen molar-refractivity contribution < 1.29 is 19.2 Å². The van der Waals surface area contributed by atoms with Gasteiger partial charge in [0.1, 0.15) is 10.6 Å². The molecule has 0 spiro atoms. The van der Waals surface area contributed by atoms with Gasteiger partial charge in [-0.3, -0.25) is 14.9 Å². The number of carbonyl (C=O) groups excluding carboxylic acids is 2. The number of hydrogen-bond acceptors (Lipinski definition) is 6. The number of benzene rings is 2. The van der Waals surface area contributed by atoms with Crippen molar-refractivity contribution in [3.05, 3.63) is 80.7 Å². The molecular weight excluding hydrogens is 440 g/mol. The number of rotatable bonds is 9. The molecule has 1 atom stereocenters. The molecule has 8 heteroatoms. The summed E-state index contributed by atoms with van der Waals surface area (Å²) in [5, 5.41) is 15.8. The molecule has 0 fully saturated rings. The SMILES string of the molecule is CCCOC(=O)c1c(-c2ccc([C@@H](C)CC)cc2)csc1NC(=O)c1ccc([N+](=O)[O-])cc1. The lowest BCUT2D eigenvalue weighted by Crippen LogP contribution is -2.15. The van der Waals surface area contributed by atoms with Gasteiger partial charge in [0.2, 0.25) is 0 Å². The third kappa shape index (κ3) is 5.64. The molecule has 0 aliphatic heterocycles. The highest BCUT2D eigenvalue weighted by Gasteiger charge is 2.23. The fraction of sp³-hybridized carbons (Fsp3) is 0.280. The fourth-order valence-electron chi connectivity index (χ4n) is 3.27. The molecule has 3 aromatic rings. The highest BCUT2D eigenvalue weighted by atomic mass is 32.1. The molecule has 1 N–H and O–H groups in total. The molecule has 1 heterocycles. The number of ether oxygens (including phenoxy) is 1. The Morgan fingerprint density at radius 2 is 1.76 bits per heavy atom. The van der Waals surface area contributed by atoms with Crippen molar-refractivity contribution in [1.29, 1.82) is 0 Å². The Morgan fingerprint density at radius 1 is 1.09 bits per heavy atom. The average Bonchev–Trinajstić information content (AvgIpc) is 3.25. The van der Waals surface area contributed by atoms with Gasteiger partial charge in [-0.25, -0.2) is 4.79 Å². The van der Waals surface area contributed by atoms with Crippen molar-refractivity contribution in [2.75, 3.05) is 11.9 Å². The van der Waals surface area contributed by atoms with E-state index in [-0.39, 0.29) is 17.9 Å². The highest BCUT2D eigenvalue weighted by molar-refractivity contribution is 7.15. The minimum Gasteiger partial charge on any atom is -0.462 e. The number of non-ortho nitro benzene ring substituents is 1. The summed E-state index contributed by atoms with van der Waals surface area (Å²) >= 11 is 1.24. The Kier molecular flexibility index (Phi) is 7.95. The number of esters is 1. The predicted molar refractivity (Wildman–Crippen MR) is 130 cm³/mol. The zero-order valence-corrected chi connectivity index (χ0v) is 19.6. The van der Waals surface area contributed by atoms with E-state index in [1.54, 1.807) is 0 Å². The van der Waals surface area contributed by atoms with Crippen molar-refractivity contribution in [2.24, 2.45) is 0 Å². The van der Waals surface area contributed by atoms with Gasteiger partial charge in [0.15, 0.2) is 0 Å². The number of amides is 1. The summed E-state index contributed by atoms with van der Waals surface area (Å²) in [5.41, 5.74) is 3.22. The molecule has 0 saturated carbocycles. The van der Waals surface area contributed by atoms with Gasteiger partial charge in [0.25, 0.3) is 11.6 Å². The quantitative estimate of drug-likeness (QED) is 0.216. The van der Waals surface area contributed by atoms with E-state index in [9.17, 15) is 19.7 Å². The molecule has 33 heavy (non-hydrogen) atoms. The summed E-state index contributed by atoms with van der Waals surface area (Å²) in [6.07, 6.45) is 1.71. The second-order valence-electron chi connectivity index (χ2n) is 7.68. The van der Waals surface area contributed by atoms with Crippen molar-refractivity contribution >= 4 is 33.9 Å². The second kappa shape index (κ2) is 10.9. The number of nitro groups is 1. The first-order valence-corrected chi connectivity index (χ1v) is 11.7. The summed E-state index contributed by atoms with van der Waals surface area (Å²) in [6.45, 7) is 6.49. The Labute approximate surface area is 196 Å². The minimum atomic E-state index is -0.526. The van der Waals surface area contributed by atoms with E-state index in [4.69, 9.17) is 4.74 Å². The molecule has 0 radical (unpaired) electrons. The maximum atomic E-state index is 12.9. The van der Waals surface area contributed by atoms with Crippen molar-refractivity contribution in [3.8, 4) is 11.1 Å². The summed E-state index contributed by atoms with van der Waals surface area (Å²) in [5.74, 6) is -0.528. The predicted octanol–water partition coefficient (Wildman–Crippen LogP) is 6.66. The zero-order valence-electron chi connectivity index (χ0n) is 18.8. The molecule has 0 saturated heterocycles. The molecular formula is C25H26N2O5S. The van der Waals surface area contributed by atoms with Crippen LogP contribution in [-0.4, -0.2) is 23.4 Å². The topological polar surface area (TPSA) is 98.5 Å². The number of anilines is 1. The Bertz CT molecular complexity index is 1140. The number of nitro benzene ring substituents is 1. The molecule has 2 aromatic carbocycles. The summed E-state index contributed by atoms with van der Waals surface area (Å²) in [6, 6.07) is 13.3. The molecule has 1 aromatic heterocycles. The maximum Gasteiger partial charge on any atom is 0.341 e. The number of carbonyl (C=O) groups is 2. The second-order valence-corrected chi connectivity index (χ2v) is 8.56. The van der Waals surface area contributed by atoms with E-state index in [1.165, 1.54) is 41.2 Å². The minimum absolute atomic E-state index is 0.102. The van der Waals surface area contributed by atoms with Crippen LogP contribution in [0.25, 0.3) is 11.1 Å². The summed E-state index contributed by atoms with van der Waals surface area (Å²) in [7, 11) is 0. The van der Waals surface area contributed by atoms with E-state index >= 15 is 0 Å². The van der Waals surface area contributed by atoms with E-state index in [2.05, 4.69) is 31.3 Å². The van der Waals surface area contributed by atoms with Crippen LogP contribution in [0.2, 0.25) is 0 Å². The van der Waals surface area contributed by atoms with Crippen molar-refractivity contribution in [3.63, 3.8) is 0 Å². The van der Waals surface area contributed by atoms with Gasteiger partial charge in [0.05, 0.1) is 11.5 Å². The zero-order chi connectivity index (χ0) is 24.0. The first kappa shape index (κ1) is 24.1. The molecule has 0 aliphatic rings.